The Bertz CT molecular complexity index is 1680. The number of rotatable bonds is 8. The molecule has 1 fully saturated rings. The number of carbonyl (C=O) groups is 2. The van der Waals surface area contributed by atoms with Crippen LogP contribution in [0.15, 0.2) is 66.7 Å². The molecule has 4 aromatic rings. The standard InChI is InChI=1S/C31H30N4O6/c1-4-16-41-25-15-10-19(17-26(25)40-5-2)23-18-33-30(37)34(20-11-13-21(14-12-20)35(38)39)29(36)31(33,3)28-27(23)22-8-6-7-9-24(22)32-28/h6-15,17,23,32H,4-5,16,18H2,1-3H3/t23-,31+/m1/s1. The molecule has 1 saturated heterocycles. The van der Waals surface area contributed by atoms with Crippen molar-refractivity contribution in [2.75, 3.05) is 24.7 Å². The van der Waals surface area contributed by atoms with Crippen LogP contribution in [-0.2, 0) is 10.3 Å². The van der Waals surface area contributed by atoms with E-state index >= 15 is 0 Å². The number of aromatic amines is 1. The number of non-ortho nitro benzene ring substituents is 1. The maximum atomic E-state index is 14.1. The van der Waals surface area contributed by atoms with Crippen LogP contribution in [0.1, 0.15) is 49.9 Å². The molecular weight excluding hydrogens is 524 g/mol. The van der Waals surface area contributed by atoms with Crippen molar-refractivity contribution in [2.45, 2.75) is 38.6 Å². The lowest BCUT2D eigenvalue weighted by Gasteiger charge is -2.40. The van der Waals surface area contributed by atoms with Crippen LogP contribution < -0.4 is 14.4 Å². The third-order valence-electron chi connectivity index (χ3n) is 7.98. The van der Waals surface area contributed by atoms with Gasteiger partial charge in [0.1, 0.15) is 0 Å². The molecule has 10 nitrogen and oxygen atoms in total. The molecule has 0 saturated carbocycles. The molecule has 0 aliphatic carbocycles. The molecule has 3 aromatic carbocycles. The number of amides is 3. The molecule has 0 spiro atoms. The Hall–Kier alpha value is -4.86. The predicted octanol–water partition coefficient (Wildman–Crippen LogP) is 6.09. The van der Waals surface area contributed by atoms with Crippen molar-refractivity contribution in [1.29, 1.82) is 0 Å². The number of H-pyrrole nitrogens is 1. The van der Waals surface area contributed by atoms with Gasteiger partial charge < -0.3 is 19.4 Å². The molecule has 0 radical (unpaired) electrons. The normalized spacial score (nSPS) is 19.8. The minimum Gasteiger partial charge on any atom is -0.490 e. The van der Waals surface area contributed by atoms with Crippen LogP contribution in [0, 0.1) is 10.1 Å². The van der Waals surface area contributed by atoms with Crippen LogP contribution in [0.4, 0.5) is 16.2 Å². The Labute approximate surface area is 236 Å². The Kier molecular flexibility index (Phi) is 6.40. The number of hydrogen-bond acceptors (Lipinski definition) is 6. The van der Waals surface area contributed by atoms with Gasteiger partial charge in [0.25, 0.3) is 11.6 Å². The van der Waals surface area contributed by atoms with Crippen molar-refractivity contribution in [1.82, 2.24) is 9.88 Å². The summed E-state index contributed by atoms with van der Waals surface area (Å²) in [6.45, 7) is 7.01. The number of nitrogens with zero attached hydrogens (tertiary/aromatic N) is 3. The van der Waals surface area contributed by atoms with Gasteiger partial charge in [-0.15, -0.1) is 0 Å². The number of hydrogen-bond donors (Lipinski definition) is 1. The topological polar surface area (TPSA) is 118 Å². The van der Waals surface area contributed by atoms with Gasteiger partial charge in [0.15, 0.2) is 17.0 Å². The first-order chi connectivity index (χ1) is 19.8. The Balaban J connectivity index is 1.49. The number of benzene rings is 3. The lowest BCUT2D eigenvalue weighted by Crippen LogP contribution is -2.50. The van der Waals surface area contributed by atoms with Crippen molar-refractivity contribution in [3.8, 4) is 11.5 Å². The van der Waals surface area contributed by atoms with Gasteiger partial charge in [0.05, 0.1) is 29.5 Å². The van der Waals surface area contributed by atoms with E-state index in [-0.39, 0.29) is 23.8 Å². The second-order valence-corrected chi connectivity index (χ2v) is 10.4. The van der Waals surface area contributed by atoms with Crippen molar-refractivity contribution in [3.05, 3.63) is 93.7 Å². The maximum Gasteiger partial charge on any atom is 0.332 e. The fourth-order valence-corrected chi connectivity index (χ4v) is 5.98. The van der Waals surface area contributed by atoms with Crippen molar-refractivity contribution >= 4 is 34.2 Å². The summed E-state index contributed by atoms with van der Waals surface area (Å²) >= 11 is 0. The van der Waals surface area contributed by atoms with E-state index in [4.69, 9.17) is 9.47 Å². The number of anilines is 1. The van der Waals surface area contributed by atoms with Crippen molar-refractivity contribution in [3.63, 3.8) is 0 Å². The molecular formula is C31H30N4O6. The SMILES string of the molecule is CCCOc1ccc([C@H]2CN3C(=O)N(c4ccc([N+](=O)[O-])cc4)C(=O)[C@]3(C)c3[nH]c4ccccc4c32)cc1OCC. The van der Waals surface area contributed by atoms with Crippen LogP contribution in [-0.4, -0.2) is 46.5 Å². The number of nitro groups is 1. The second-order valence-electron chi connectivity index (χ2n) is 10.4. The zero-order chi connectivity index (χ0) is 28.9. The highest BCUT2D eigenvalue weighted by Gasteiger charge is 2.60. The van der Waals surface area contributed by atoms with Gasteiger partial charge >= 0.3 is 6.03 Å². The monoisotopic (exact) mass is 554 g/mol. The molecule has 0 bridgehead atoms. The molecule has 1 aromatic heterocycles. The Morgan fingerprint density at radius 1 is 1.02 bits per heavy atom. The number of urea groups is 1. The fraction of sp³-hybridized carbons (Fsp3) is 0.290. The molecule has 1 N–H and O–H groups in total. The van der Waals surface area contributed by atoms with Crippen LogP contribution in [0.5, 0.6) is 11.5 Å². The first-order valence-electron chi connectivity index (χ1n) is 13.7. The number of nitrogens with one attached hydrogen (secondary N) is 1. The highest BCUT2D eigenvalue weighted by Crippen LogP contribution is 2.51. The fourth-order valence-electron chi connectivity index (χ4n) is 5.98. The molecule has 6 rings (SSSR count). The maximum absolute atomic E-state index is 14.1. The van der Waals surface area contributed by atoms with Crippen LogP contribution in [0.3, 0.4) is 0 Å². The van der Waals surface area contributed by atoms with Crippen molar-refractivity contribution < 1.29 is 24.0 Å². The first kappa shape index (κ1) is 26.4. The van der Waals surface area contributed by atoms with Crippen molar-refractivity contribution in [2.24, 2.45) is 0 Å². The van der Waals surface area contributed by atoms with Crippen LogP contribution >= 0.6 is 0 Å². The highest BCUT2D eigenvalue weighted by atomic mass is 16.6. The lowest BCUT2D eigenvalue weighted by atomic mass is 9.78. The molecule has 2 aliphatic heterocycles. The Morgan fingerprint density at radius 2 is 1.78 bits per heavy atom. The van der Waals surface area contributed by atoms with E-state index in [0.717, 1.165) is 33.4 Å². The number of para-hydroxylation sites is 1. The van der Waals surface area contributed by atoms with Gasteiger partial charge in [0, 0.05) is 35.5 Å². The number of carbonyl (C=O) groups excluding carboxylic acids is 2. The Morgan fingerprint density at radius 3 is 2.49 bits per heavy atom. The first-order valence-corrected chi connectivity index (χ1v) is 13.7. The van der Waals surface area contributed by atoms with Gasteiger partial charge in [-0.3, -0.25) is 14.9 Å². The van der Waals surface area contributed by atoms with Gasteiger partial charge in [-0.25, -0.2) is 9.69 Å². The summed E-state index contributed by atoms with van der Waals surface area (Å²) in [6.07, 6.45) is 0.865. The van der Waals surface area contributed by atoms with Crippen LogP contribution in [0.2, 0.25) is 0 Å². The average Bonchev–Trinajstić information content (AvgIpc) is 3.46. The second kappa shape index (κ2) is 9.96. The summed E-state index contributed by atoms with van der Waals surface area (Å²) in [4.78, 5) is 44.9. The zero-order valence-corrected chi connectivity index (χ0v) is 23.0. The van der Waals surface area contributed by atoms with E-state index in [1.54, 1.807) is 11.8 Å². The van der Waals surface area contributed by atoms with E-state index in [2.05, 4.69) is 4.98 Å². The van der Waals surface area contributed by atoms with Gasteiger partial charge in [-0.1, -0.05) is 31.2 Å². The summed E-state index contributed by atoms with van der Waals surface area (Å²) in [7, 11) is 0. The summed E-state index contributed by atoms with van der Waals surface area (Å²) in [5, 5.41) is 12.2. The minimum atomic E-state index is -1.30. The molecule has 0 unspecified atom stereocenters. The lowest BCUT2D eigenvalue weighted by molar-refractivity contribution is -0.384. The predicted molar refractivity (Wildman–Crippen MR) is 154 cm³/mol. The number of nitro benzene ring substituents is 1. The molecule has 2 atom stereocenters. The van der Waals surface area contributed by atoms with E-state index in [1.165, 1.54) is 24.3 Å². The summed E-state index contributed by atoms with van der Waals surface area (Å²) in [6, 6.07) is 18.7. The molecule has 3 heterocycles. The van der Waals surface area contributed by atoms with Gasteiger partial charge in [0.2, 0.25) is 0 Å². The average molecular weight is 555 g/mol. The van der Waals surface area contributed by atoms with Gasteiger partial charge in [-0.05, 0) is 61.7 Å². The number of fused-ring (bicyclic) bond motifs is 5. The molecule has 210 valence electrons. The quantitative estimate of drug-likeness (QED) is 0.160. The summed E-state index contributed by atoms with van der Waals surface area (Å²) in [5.74, 6) is 0.613. The van der Waals surface area contributed by atoms with E-state index < -0.39 is 22.4 Å². The van der Waals surface area contributed by atoms with E-state index in [9.17, 15) is 19.7 Å². The largest absolute Gasteiger partial charge is 0.490 e. The third-order valence-corrected chi connectivity index (χ3v) is 7.98. The summed E-state index contributed by atoms with van der Waals surface area (Å²) < 4.78 is 11.9. The van der Waals surface area contributed by atoms with E-state index in [0.29, 0.717) is 30.4 Å². The third kappa shape index (κ3) is 4.01. The molecule has 3 amide bonds. The minimum absolute atomic E-state index is 0.119. The van der Waals surface area contributed by atoms with Crippen LogP contribution in [0.25, 0.3) is 10.9 Å². The zero-order valence-electron chi connectivity index (χ0n) is 23.0. The van der Waals surface area contributed by atoms with Gasteiger partial charge in [-0.2, -0.15) is 0 Å². The molecule has 10 heteroatoms. The number of imide groups is 1. The smallest absolute Gasteiger partial charge is 0.332 e. The number of ether oxygens (including phenoxy) is 2. The molecule has 2 aliphatic rings. The molecule has 41 heavy (non-hydrogen) atoms. The highest BCUT2D eigenvalue weighted by molar-refractivity contribution is 6.23. The number of aromatic nitrogens is 1. The summed E-state index contributed by atoms with van der Waals surface area (Å²) in [5.41, 5.74) is 2.28. The van der Waals surface area contributed by atoms with E-state index in [1.807, 2.05) is 56.3 Å².